The van der Waals surface area contributed by atoms with Crippen LogP contribution < -0.4 is 10.1 Å². The molecule has 2 aromatic rings. The SMILES string of the molecule is CC1Nc2ccc(OCc3ccccc3)cc2C1(C)C. The van der Waals surface area contributed by atoms with Crippen LogP contribution in [0.3, 0.4) is 0 Å². The maximum absolute atomic E-state index is 5.92. The summed E-state index contributed by atoms with van der Waals surface area (Å²) in [7, 11) is 0. The Bertz CT molecular complexity index is 604. The molecule has 1 N–H and O–H groups in total. The molecule has 2 heteroatoms. The molecule has 104 valence electrons. The van der Waals surface area contributed by atoms with E-state index in [1.54, 1.807) is 0 Å². The fourth-order valence-electron chi connectivity index (χ4n) is 2.66. The van der Waals surface area contributed by atoms with E-state index in [0.29, 0.717) is 12.6 Å². The molecule has 0 amide bonds. The maximum Gasteiger partial charge on any atom is 0.120 e. The maximum atomic E-state index is 5.92. The van der Waals surface area contributed by atoms with E-state index in [9.17, 15) is 0 Å². The van der Waals surface area contributed by atoms with E-state index in [-0.39, 0.29) is 5.41 Å². The second kappa shape index (κ2) is 4.86. The summed E-state index contributed by atoms with van der Waals surface area (Å²) in [6.45, 7) is 7.39. The standard InChI is InChI=1S/C18H21NO/c1-13-18(2,3)16-11-15(9-10-17(16)19-13)20-12-14-7-5-4-6-8-14/h4-11,13,19H,12H2,1-3H3. The minimum absolute atomic E-state index is 0.140. The van der Waals surface area contributed by atoms with Crippen LogP contribution >= 0.6 is 0 Å². The van der Waals surface area contributed by atoms with Gasteiger partial charge in [0.25, 0.3) is 0 Å². The Morgan fingerprint density at radius 2 is 1.85 bits per heavy atom. The summed E-state index contributed by atoms with van der Waals surface area (Å²) in [6.07, 6.45) is 0. The number of rotatable bonds is 3. The lowest BCUT2D eigenvalue weighted by Crippen LogP contribution is -2.29. The minimum atomic E-state index is 0.140. The number of nitrogens with one attached hydrogen (secondary N) is 1. The average Bonchev–Trinajstić information content (AvgIpc) is 2.68. The summed E-state index contributed by atoms with van der Waals surface area (Å²) in [6, 6.07) is 17.1. The first-order chi connectivity index (χ1) is 9.57. The molecule has 2 aromatic carbocycles. The lowest BCUT2D eigenvalue weighted by molar-refractivity contribution is 0.305. The smallest absolute Gasteiger partial charge is 0.120 e. The Labute approximate surface area is 120 Å². The fourth-order valence-corrected chi connectivity index (χ4v) is 2.66. The monoisotopic (exact) mass is 267 g/mol. The molecule has 1 unspecified atom stereocenters. The summed E-state index contributed by atoms with van der Waals surface area (Å²) >= 11 is 0. The molecule has 1 aliphatic rings. The molecular weight excluding hydrogens is 246 g/mol. The zero-order valence-corrected chi connectivity index (χ0v) is 12.3. The molecule has 1 atom stereocenters. The van der Waals surface area contributed by atoms with Gasteiger partial charge in [0.05, 0.1) is 0 Å². The second-order valence-electron chi connectivity index (χ2n) is 6.07. The van der Waals surface area contributed by atoms with Gasteiger partial charge in [0.2, 0.25) is 0 Å². The van der Waals surface area contributed by atoms with Crippen molar-refractivity contribution in [3.05, 3.63) is 59.7 Å². The van der Waals surface area contributed by atoms with E-state index in [2.05, 4.69) is 50.4 Å². The molecule has 0 saturated carbocycles. The molecular formula is C18H21NO. The predicted molar refractivity (Wildman–Crippen MR) is 83.3 cm³/mol. The van der Waals surface area contributed by atoms with Crippen molar-refractivity contribution in [1.29, 1.82) is 0 Å². The molecule has 1 aliphatic heterocycles. The average molecular weight is 267 g/mol. The Kier molecular flexibility index (Phi) is 3.17. The van der Waals surface area contributed by atoms with Crippen molar-refractivity contribution in [3.63, 3.8) is 0 Å². The second-order valence-corrected chi connectivity index (χ2v) is 6.07. The highest BCUT2D eigenvalue weighted by Crippen LogP contribution is 2.42. The van der Waals surface area contributed by atoms with Crippen molar-refractivity contribution in [1.82, 2.24) is 0 Å². The quantitative estimate of drug-likeness (QED) is 0.892. The Morgan fingerprint density at radius 1 is 1.10 bits per heavy atom. The van der Waals surface area contributed by atoms with Crippen molar-refractivity contribution < 1.29 is 4.74 Å². The zero-order valence-electron chi connectivity index (χ0n) is 12.3. The van der Waals surface area contributed by atoms with Crippen molar-refractivity contribution >= 4 is 5.69 Å². The van der Waals surface area contributed by atoms with Gasteiger partial charge in [-0.1, -0.05) is 44.2 Å². The van der Waals surface area contributed by atoms with Crippen LogP contribution in [0.15, 0.2) is 48.5 Å². The highest BCUT2D eigenvalue weighted by molar-refractivity contribution is 5.63. The molecule has 0 aromatic heterocycles. The van der Waals surface area contributed by atoms with Gasteiger partial charge in [-0.15, -0.1) is 0 Å². The Balaban J connectivity index is 1.79. The number of fused-ring (bicyclic) bond motifs is 1. The van der Waals surface area contributed by atoms with Gasteiger partial charge in [-0.3, -0.25) is 0 Å². The molecule has 0 saturated heterocycles. The highest BCUT2D eigenvalue weighted by Gasteiger charge is 2.36. The molecule has 0 spiro atoms. The van der Waals surface area contributed by atoms with Gasteiger partial charge in [-0.2, -0.15) is 0 Å². The number of benzene rings is 2. The molecule has 1 heterocycles. The highest BCUT2D eigenvalue weighted by atomic mass is 16.5. The molecule has 0 aliphatic carbocycles. The van der Waals surface area contributed by atoms with Crippen LogP contribution in [0.25, 0.3) is 0 Å². The summed E-state index contributed by atoms with van der Waals surface area (Å²) in [5.41, 5.74) is 3.91. The van der Waals surface area contributed by atoms with Crippen LogP contribution in [-0.4, -0.2) is 6.04 Å². The Hall–Kier alpha value is -1.96. The summed E-state index contributed by atoms with van der Waals surface area (Å²) in [5, 5.41) is 3.53. The van der Waals surface area contributed by atoms with Gasteiger partial charge in [0.15, 0.2) is 0 Å². The minimum Gasteiger partial charge on any atom is -0.489 e. The van der Waals surface area contributed by atoms with Crippen LogP contribution in [0.4, 0.5) is 5.69 Å². The van der Waals surface area contributed by atoms with Crippen LogP contribution in [0, 0.1) is 0 Å². The topological polar surface area (TPSA) is 21.3 Å². The summed E-state index contributed by atoms with van der Waals surface area (Å²) in [4.78, 5) is 0. The first-order valence-corrected chi connectivity index (χ1v) is 7.15. The van der Waals surface area contributed by atoms with Crippen LogP contribution in [-0.2, 0) is 12.0 Å². The predicted octanol–water partition coefficient (Wildman–Crippen LogP) is 4.36. The van der Waals surface area contributed by atoms with Crippen LogP contribution in [0.1, 0.15) is 31.9 Å². The van der Waals surface area contributed by atoms with Gasteiger partial charge in [-0.05, 0) is 36.2 Å². The molecule has 0 radical (unpaired) electrons. The number of ether oxygens (including phenoxy) is 1. The molecule has 20 heavy (non-hydrogen) atoms. The van der Waals surface area contributed by atoms with Gasteiger partial charge in [-0.25, -0.2) is 0 Å². The third kappa shape index (κ3) is 2.26. The molecule has 0 fully saturated rings. The first-order valence-electron chi connectivity index (χ1n) is 7.15. The van der Waals surface area contributed by atoms with Gasteiger partial charge in [0.1, 0.15) is 12.4 Å². The van der Waals surface area contributed by atoms with E-state index in [0.717, 1.165) is 5.75 Å². The van der Waals surface area contributed by atoms with Gasteiger partial charge < -0.3 is 10.1 Å². The number of hydrogen-bond donors (Lipinski definition) is 1. The molecule has 0 bridgehead atoms. The number of hydrogen-bond acceptors (Lipinski definition) is 2. The zero-order chi connectivity index (χ0) is 14.2. The molecule has 2 nitrogen and oxygen atoms in total. The van der Waals surface area contributed by atoms with Crippen LogP contribution in [0.5, 0.6) is 5.75 Å². The Morgan fingerprint density at radius 3 is 2.60 bits per heavy atom. The van der Waals surface area contributed by atoms with Gasteiger partial charge >= 0.3 is 0 Å². The third-order valence-electron chi connectivity index (χ3n) is 4.39. The van der Waals surface area contributed by atoms with E-state index in [1.807, 2.05) is 24.3 Å². The van der Waals surface area contributed by atoms with E-state index in [1.165, 1.54) is 16.8 Å². The fraction of sp³-hybridized carbons (Fsp3) is 0.333. The summed E-state index contributed by atoms with van der Waals surface area (Å²) < 4.78 is 5.92. The van der Waals surface area contributed by atoms with Crippen LogP contribution in [0.2, 0.25) is 0 Å². The van der Waals surface area contributed by atoms with Crippen molar-refractivity contribution in [3.8, 4) is 5.75 Å². The normalized spacial score (nSPS) is 19.2. The van der Waals surface area contributed by atoms with E-state index < -0.39 is 0 Å². The van der Waals surface area contributed by atoms with Crippen molar-refractivity contribution in [2.45, 2.75) is 38.8 Å². The van der Waals surface area contributed by atoms with E-state index >= 15 is 0 Å². The van der Waals surface area contributed by atoms with Crippen molar-refractivity contribution in [2.24, 2.45) is 0 Å². The van der Waals surface area contributed by atoms with E-state index in [4.69, 9.17) is 4.74 Å². The molecule has 3 rings (SSSR count). The lowest BCUT2D eigenvalue weighted by atomic mass is 9.81. The van der Waals surface area contributed by atoms with Gasteiger partial charge in [0, 0.05) is 17.1 Å². The summed E-state index contributed by atoms with van der Waals surface area (Å²) in [5.74, 6) is 0.941. The largest absolute Gasteiger partial charge is 0.489 e. The van der Waals surface area contributed by atoms with Crippen molar-refractivity contribution in [2.75, 3.05) is 5.32 Å². The first kappa shape index (κ1) is 13.0. The number of anilines is 1. The lowest BCUT2D eigenvalue weighted by Gasteiger charge is -2.24. The third-order valence-corrected chi connectivity index (χ3v) is 4.39.